The number of urea groups is 1. The quantitative estimate of drug-likeness (QED) is 0.793. The van der Waals surface area contributed by atoms with Gasteiger partial charge in [0, 0.05) is 26.6 Å². The van der Waals surface area contributed by atoms with Gasteiger partial charge in [0.25, 0.3) is 5.91 Å². The maximum Gasteiger partial charge on any atom is 0.325 e. The molecular weight excluding hydrogens is 350 g/mol. The second kappa shape index (κ2) is 6.75. The Labute approximate surface area is 157 Å². The van der Waals surface area contributed by atoms with Crippen LogP contribution in [0.2, 0.25) is 0 Å². The van der Waals surface area contributed by atoms with E-state index in [0.29, 0.717) is 30.9 Å². The smallest absolute Gasteiger partial charge is 0.325 e. The van der Waals surface area contributed by atoms with Crippen molar-refractivity contribution in [3.63, 3.8) is 0 Å². The Hall–Kier alpha value is -2.77. The van der Waals surface area contributed by atoms with Gasteiger partial charge in [-0.05, 0) is 30.5 Å². The zero-order chi connectivity index (χ0) is 19.0. The first kappa shape index (κ1) is 17.6. The molecule has 2 fully saturated rings. The highest BCUT2D eigenvalue weighted by atomic mass is 16.7. The van der Waals surface area contributed by atoms with E-state index in [2.05, 4.69) is 5.32 Å². The third-order valence-electron chi connectivity index (χ3n) is 5.53. The van der Waals surface area contributed by atoms with Crippen LogP contribution in [-0.2, 0) is 16.1 Å². The van der Waals surface area contributed by atoms with Crippen molar-refractivity contribution in [3.05, 3.63) is 23.8 Å². The Morgan fingerprint density at radius 3 is 2.74 bits per heavy atom. The molecule has 1 aliphatic carbocycles. The average molecular weight is 373 g/mol. The van der Waals surface area contributed by atoms with Gasteiger partial charge in [-0.3, -0.25) is 14.5 Å². The van der Waals surface area contributed by atoms with Gasteiger partial charge in [-0.2, -0.15) is 0 Å². The lowest BCUT2D eigenvalue weighted by Gasteiger charge is -2.21. The van der Waals surface area contributed by atoms with E-state index >= 15 is 0 Å². The van der Waals surface area contributed by atoms with Gasteiger partial charge in [0.15, 0.2) is 11.5 Å². The number of rotatable bonds is 5. The predicted octanol–water partition coefficient (Wildman–Crippen LogP) is 1.63. The Morgan fingerprint density at radius 2 is 1.96 bits per heavy atom. The van der Waals surface area contributed by atoms with Crippen LogP contribution in [0.4, 0.5) is 4.79 Å². The maximum atomic E-state index is 12.6. The van der Waals surface area contributed by atoms with Gasteiger partial charge < -0.3 is 19.7 Å². The average Bonchev–Trinajstić information content (AvgIpc) is 3.35. The zero-order valence-corrected chi connectivity index (χ0v) is 15.3. The highest BCUT2D eigenvalue weighted by Gasteiger charge is 2.52. The number of hydrogen-bond acceptors (Lipinski definition) is 5. The first-order chi connectivity index (χ1) is 13.0. The minimum absolute atomic E-state index is 0.107. The van der Waals surface area contributed by atoms with Gasteiger partial charge in [0.2, 0.25) is 12.7 Å². The lowest BCUT2D eigenvalue weighted by Crippen LogP contribution is -2.44. The van der Waals surface area contributed by atoms with E-state index in [1.807, 2.05) is 18.2 Å². The van der Waals surface area contributed by atoms with Crippen molar-refractivity contribution in [1.82, 2.24) is 15.1 Å². The molecule has 0 atom stereocenters. The number of ether oxygens (including phenoxy) is 2. The Bertz CT molecular complexity index is 788. The summed E-state index contributed by atoms with van der Waals surface area (Å²) in [7, 11) is 1.71. The second-order valence-electron chi connectivity index (χ2n) is 7.36. The van der Waals surface area contributed by atoms with E-state index < -0.39 is 5.54 Å². The van der Waals surface area contributed by atoms with Crippen LogP contribution < -0.4 is 14.8 Å². The van der Waals surface area contributed by atoms with Crippen molar-refractivity contribution >= 4 is 17.8 Å². The third kappa shape index (κ3) is 3.20. The molecule has 8 heteroatoms. The lowest BCUT2D eigenvalue weighted by atomic mass is 9.98. The molecule has 0 bridgehead atoms. The van der Waals surface area contributed by atoms with Crippen LogP contribution in [0.15, 0.2) is 18.2 Å². The normalized spacial score (nSPS) is 19.7. The van der Waals surface area contributed by atoms with E-state index in [1.165, 1.54) is 4.90 Å². The molecule has 3 aliphatic rings. The van der Waals surface area contributed by atoms with Crippen LogP contribution in [0.5, 0.6) is 11.5 Å². The standard InChI is InChI=1S/C19H23N3O5/c1-21(11-13-4-5-14-15(10-13)27-12-26-14)16(23)6-9-22-17(24)19(20-18(22)25)7-2-3-8-19/h4-5,10H,2-3,6-9,11-12H2,1H3,(H,20,25). The van der Waals surface area contributed by atoms with Crippen LogP contribution in [0.1, 0.15) is 37.7 Å². The summed E-state index contributed by atoms with van der Waals surface area (Å²) < 4.78 is 10.6. The summed E-state index contributed by atoms with van der Waals surface area (Å²) in [6.45, 7) is 0.733. The first-order valence-corrected chi connectivity index (χ1v) is 9.25. The highest BCUT2D eigenvalue weighted by molar-refractivity contribution is 6.07. The molecule has 2 heterocycles. The molecule has 0 unspecified atom stereocenters. The summed E-state index contributed by atoms with van der Waals surface area (Å²) in [4.78, 5) is 40.0. The second-order valence-corrected chi connectivity index (χ2v) is 7.36. The molecule has 1 N–H and O–H groups in total. The van der Waals surface area contributed by atoms with Crippen molar-refractivity contribution in [2.24, 2.45) is 0 Å². The molecule has 1 saturated carbocycles. The largest absolute Gasteiger partial charge is 0.454 e. The number of imide groups is 1. The molecule has 1 spiro atoms. The van der Waals surface area contributed by atoms with Crippen molar-refractivity contribution in [2.75, 3.05) is 20.4 Å². The van der Waals surface area contributed by atoms with Crippen molar-refractivity contribution in [1.29, 1.82) is 0 Å². The number of carbonyl (C=O) groups is 3. The topological polar surface area (TPSA) is 88.2 Å². The van der Waals surface area contributed by atoms with E-state index in [0.717, 1.165) is 18.4 Å². The molecule has 27 heavy (non-hydrogen) atoms. The Morgan fingerprint density at radius 1 is 1.22 bits per heavy atom. The summed E-state index contributed by atoms with van der Waals surface area (Å²) >= 11 is 0. The molecule has 0 radical (unpaired) electrons. The predicted molar refractivity (Wildman–Crippen MR) is 95.1 cm³/mol. The monoisotopic (exact) mass is 373 g/mol. The number of nitrogens with zero attached hydrogens (tertiary/aromatic N) is 2. The van der Waals surface area contributed by atoms with Gasteiger partial charge in [0.1, 0.15) is 5.54 Å². The fraction of sp³-hybridized carbons (Fsp3) is 0.526. The number of nitrogens with one attached hydrogen (secondary N) is 1. The fourth-order valence-corrected chi connectivity index (χ4v) is 4.00. The number of carbonyl (C=O) groups excluding carboxylic acids is 3. The first-order valence-electron chi connectivity index (χ1n) is 9.25. The number of benzene rings is 1. The minimum atomic E-state index is -0.724. The van der Waals surface area contributed by atoms with Crippen LogP contribution in [0.3, 0.4) is 0 Å². The Kier molecular flexibility index (Phi) is 4.41. The number of amides is 4. The van der Waals surface area contributed by atoms with Gasteiger partial charge in [-0.15, -0.1) is 0 Å². The molecular formula is C19H23N3O5. The third-order valence-corrected chi connectivity index (χ3v) is 5.53. The van der Waals surface area contributed by atoms with Crippen LogP contribution >= 0.6 is 0 Å². The van der Waals surface area contributed by atoms with Gasteiger partial charge >= 0.3 is 6.03 Å². The summed E-state index contributed by atoms with van der Waals surface area (Å²) in [5.74, 6) is 1.07. The number of hydrogen-bond donors (Lipinski definition) is 1. The van der Waals surface area contributed by atoms with Gasteiger partial charge in [0.05, 0.1) is 0 Å². The van der Waals surface area contributed by atoms with E-state index in [9.17, 15) is 14.4 Å². The molecule has 1 aromatic carbocycles. The fourth-order valence-electron chi connectivity index (χ4n) is 4.00. The molecule has 144 valence electrons. The SMILES string of the molecule is CN(Cc1ccc2c(c1)OCO2)C(=O)CCN1C(=O)NC2(CCCC2)C1=O. The minimum Gasteiger partial charge on any atom is -0.454 e. The molecule has 0 aromatic heterocycles. The van der Waals surface area contributed by atoms with Crippen LogP contribution in [0, 0.1) is 0 Å². The van der Waals surface area contributed by atoms with Gasteiger partial charge in [-0.1, -0.05) is 18.9 Å². The van der Waals surface area contributed by atoms with Crippen molar-refractivity contribution < 1.29 is 23.9 Å². The summed E-state index contributed by atoms with van der Waals surface area (Å²) in [6.07, 6.45) is 3.36. The van der Waals surface area contributed by atoms with E-state index in [1.54, 1.807) is 11.9 Å². The highest BCUT2D eigenvalue weighted by Crippen LogP contribution is 2.35. The van der Waals surface area contributed by atoms with E-state index in [4.69, 9.17) is 9.47 Å². The molecule has 1 aromatic rings. The summed E-state index contributed by atoms with van der Waals surface area (Å²) in [6, 6.07) is 5.18. The maximum absolute atomic E-state index is 12.6. The molecule has 4 amide bonds. The molecule has 4 rings (SSSR count). The van der Waals surface area contributed by atoms with E-state index in [-0.39, 0.29) is 37.6 Å². The van der Waals surface area contributed by atoms with Crippen LogP contribution in [0.25, 0.3) is 0 Å². The van der Waals surface area contributed by atoms with Gasteiger partial charge in [-0.25, -0.2) is 4.79 Å². The lowest BCUT2D eigenvalue weighted by molar-refractivity contribution is -0.133. The Balaban J connectivity index is 1.32. The molecule has 8 nitrogen and oxygen atoms in total. The summed E-state index contributed by atoms with van der Waals surface area (Å²) in [5, 5.41) is 2.83. The van der Waals surface area contributed by atoms with Crippen molar-refractivity contribution in [2.45, 2.75) is 44.2 Å². The zero-order valence-electron chi connectivity index (χ0n) is 15.3. The number of fused-ring (bicyclic) bond motifs is 1. The van der Waals surface area contributed by atoms with Crippen LogP contribution in [-0.4, -0.2) is 53.6 Å². The molecule has 1 saturated heterocycles. The molecule has 2 aliphatic heterocycles. The van der Waals surface area contributed by atoms with Crippen molar-refractivity contribution in [3.8, 4) is 11.5 Å². The summed E-state index contributed by atoms with van der Waals surface area (Å²) in [5.41, 5.74) is 0.202.